The van der Waals surface area contributed by atoms with Gasteiger partial charge in [0.2, 0.25) is 0 Å². The van der Waals surface area contributed by atoms with Crippen LogP contribution in [0, 0.1) is 11.3 Å². The second kappa shape index (κ2) is 14.4. The number of amidine groups is 2. The second-order valence-corrected chi connectivity index (χ2v) is 10.2. The van der Waals surface area contributed by atoms with E-state index in [1.54, 1.807) is 6.08 Å². The van der Waals surface area contributed by atoms with E-state index in [1.807, 2.05) is 72.8 Å². The lowest BCUT2D eigenvalue weighted by Gasteiger charge is -2.15. The molecule has 0 saturated carbocycles. The lowest BCUT2D eigenvalue weighted by Crippen LogP contribution is -2.18. The van der Waals surface area contributed by atoms with Gasteiger partial charge in [-0.1, -0.05) is 147 Å². The van der Waals surface area contributed by atoms with Crippen molar-refractivity contribution in [3.63, 3.8) is 0 Å². The molecule has 5 rings (SSSR count). The Kier molecular flexibility index (Phi) is 9.72. The first-order valence-electron chi connectivity index (χ1n) is 14.7. The Morgan fingerprint density at radius 1 is 0.795 bits per heavy atom. The first-order chi connectivity index (χ1) is 21.6. The molecular formula is C40H34N4. The predicted octanol–water partition coefficient (Wildman–Crippen LogP) is 9.43. The summed E-state index contributed by atoms with van der Waals surface area (Å²) in [6, 6.07) is 41.0. The summed E-state index contributed by atoms with van der Waals surface area (Å²) in [5.74, 6) is 1.000. The molecule has 4 nitrogen and oxygen atoms in total. The SMILES string of the molecule is C=C/C=C\C=C(/CC)C(N)=NC(=NCc1ccccc1)c1c(-c2ccc(-c3ccccc3C#N)cc2)ccc2ccccc12. The van der Waals surface area contributed by atoms with Gasteiger partial charge in [-0.3, -0.25) is 4.99 Å². The highest BCUT2D eigenvalue weighted by atomic mass is 15.0. The van der Waals surface area contributed by atoms with E-state index in [0.29, 0.717) is 23.8 Å². The number of fused-ring (bicyclic) bond motifs is 1. The minimum Gasteiger partial charge on any atom is -0.383 e. The van der Waals surface area contributed by atoms with Crippen LogP contribution in [0.4, 0.5) is 0 Å². The molecule has 0 atom stereocenters. The number of hydrogen-bond acceptors (Lipinski definition) is 2. The first-order valence-corrected chi connectivity index (χ1v) is 14.7. The number of aliphatic imine (C=N–C) groups is 2. The van der Waals surface area contributed by atoms with Crippen molar-refractivity contribution in [1.82, 2.24) is 0 Å². The van der Waals surface area contributed by atoms with E-state index < -0.39 is 0 Å². The maximum atomic E-state index is 9.63. The van der Waals surface area contributed by atoms with Crippen molar-refractivity contribution in [3.8, 4) is 28.3 Å². The van der Waals surface area contributed by atoms with Crippen LogP contribution in [0.3, 0.4) is 0 Å². The molecule has 0 fully saturated rings. The van der Waals surface area contributed by atoms with E-state index in [-0.39, 0.29) is 0 Å². The van der Waals surface area contributed by atoms with Gasteiger partial charge in [0.1, 0.15) is 5.84 Å². The van der Waals surface area contributed by atoms with Gasteiger partial charge < -0.3 is 5.73 Å². The highest BCUT2D eigenvalue weighted by Gasteiger charge is 2.17. The number of allylic oxidation sites excluding steroid dienone is 4. The summed E-state index contributed by atoms with van der Waals surface area (Å²) in [4.78, 5) is 10.1. The predicted molar refractivity (Wildman–Crippen MR) is 186 cm³/mol. The molecule has 5 aromatic carbocycles. The van der Waals surface area contributed by atoms with E-state index in [2.05, 4.69) is 80.2 Å². The lowest BCUT2D eigenvalue weighted by atomic mass is 9.91. The summed E-state index contributed by atoms with van der Waals surface area (Å²) in [5, 5.41) is 11.8. The number of rotatable bonds is 9. The van der Waals surface area contributed by atoms with Gasteiger partial charge in [-0.05, 0) is 56.6 Å². The van der Waals surface area contributed by atoms with Gasteiger partial charge >= 0.3 is 0 Å². The second-order valence-electron chi connectivity index (χ2n) is 10.2. The summed E-state index contributed by atoms with van der Waals surface area (Å²) >= 11 is 0. The number of nitrogens with zero attached hydrogens (tertiary/aromatic N) is 3. The summed E-state index contributed by atoms with van der Waals surface area (Å²) in [5.41, 5.74) is 14.2. The molecule has 5 aromatic rings. The molecule has 0 aliphatic heterocycles. The van der Waals surface area contributed by atoms with Gasteiger partial charge in [0.05, 0.1) is 18.2 Å². The molecule has 0 heterocycles. The Morgan fingerprint density at radius 3 is 2.20 bits per heavy atom. The molecule has 4 heteroatoms. The minimum atomic E-state index is 0.426. The maximum absolute atomic E-state index is 9.63. The van der Waals surface area contributed by atoms with Crippen LogP contribution in [0.2, 0.25) is 0 Å². The molecule has 0 amide bonds. The van der Waals surface area contributed by atoms with Crippen molar-refractivity contribution in [2.75, 3.05) is 0 Å². The Balaban J connectivity index is 1.70. The molecule has 0 aromatic heterocycles. The minimum absolute atomic E-state index is 0.426. The molecule has 0 bridgehead atoms. The molecule has 0 unspecified atom stereocenters. The van der Waals surface area contributed by atoms with Crippen LogP contribution in [0.1, 0.15) is 30.0 Å². The van der Waals surface area contributed by atoms with Gasteiger partial charge in [0.25, 0.3) is 0 Å². The van der Waals surface area contributed by atoms with Gasteiger partial charge in [-0.2, -0.15) is 5.26 Å². The summed E-state index contributed by atoms with van der Waals surface area (Å²) in [7, 11) is 0. The zero-order chi connectivity index (χ0) is 30.7. The van der Waals surface area contributed by atoms with Crippen LogP contribution in [0.5, 0.6) is 0 Å². The zero-order valence-electron chi connectivity index (χ0n) is 24.8. The fourth-order valence-corrected chi connectivity index (χ4v) is 5.16. The van der Waals surface area contributed by atoms with Crippen molar-refractivity contribution < 1.29 is 0 Å². The smallest absolute Gasteiger partial charge is 0.158 e. The fourth-order valence-electron chi connectivity index (χ4n) is 5.16. The fraction of sp³-hybridized carbons (Fsp3) is 0.0750. The van der Waals surface area contributed by atoms with Crippen LogP contribution in [-0.4, -0.2) is 11.7 Å². The first kappa shape index (κ1) is 29.7. The van der Waals surface area contributed by atoms with Crippen LogP contribution < -0.4 is 5.73 Å². The van der Waals surface area contributed by atoms with Crippen molar-refractivity contribution in [3.05, 3.63) is 168 Å². The molecule has 0 aliphatic carbocycles. The van der Waals surface area contributed by atoms with Gasteiger partial charge in [0.15, 0.2) is 5.84 Å². The third-order valence-corrected chi connectivity index (χ3v) is 7.44. The van der Waals surface area contributed by atoms with E-state index in [1.165, 1.54) is 0 Å². The quantitative estimate of drug-likeness (QED) is 0.109. The topological polar surface area (TPSA) is 74.5 Å². The van der Waals surface area contributed by atoms with E-state index >= 15 is 0 Å². The lowest BCUT2D eigenvalue weighted by molar-refractivity contribution is 1.06. The largest absolute Gasteiger partial charge is 0.383 e. The molecule has 0 aliphatic rings. The monoisotopic (exact) mass is 570 g/mol. The van der Waals surface area contributed by atoms with Crippen LogP contribution >= 0.6 is 0 Å². The molecular weight excluding hydrogens is 536 g/mol. The normalized spacial score (nSPS) is 12.4. The van der Waals surface area contributed by atoms with Crippen LogP contribution in [0.15, 0.2) is 162 Å². The van der Waals surface area contributed by atoms with Crippen molar-refractivity contribution in [2.45, 2.75) is 19.9 Å². The number of nitriles is 1. The van der Waals surface area contributed by atoms with Crippen molar-refractivity contribution >= 4 is 22.4 Å². The summed E-state index contributed by atoms with van der Waals surface area (Å²) < 4.78 is 0. The number of hydrogen-bond donors (Lipinski definition) is 1. The van der Waals surface area contributed by atoms with Crippen LogP contribution in [0.25, 0.3) is 33.0 Å². The average molecular weight is 571 g/mol. The van der Waals surface area contributed by atoms with E-state index in [9.17, 15) is 5.26 Å². The number of benzene rings is 5. The third kappa shape index (κ3) is 6.81. The van der Waals surface area contributed by atoms with Gasteiger partial charge in [0, 0.05) is 5.56 Å². The standard InChI is InChI=1S/C40H34N4/c1-3-5-7-16-30(4-2)39(42)44-40(43-28-29-14-8-6-9-15-29)38-36-20-13-10-17-31(36)25-26-37(38)33-23-21-32(22-24-33)35-19-12-11-18-34(35)27-41/h3,5-26H,1,4,28H2,2H3,(H2,42,43,44)/b7-5-,30-16+. The van der Waals surface area contributed by atoms with Crippen LogP contribution in [-0.2, 0) is 6.54 Å². The Hall–Kier alpha value is -5.79. The Labute approximate surface area is 259 Å². The molecule has 214 valence electrons. The summed E-state index contributed by atoms with van der Waals surface area (Å²) in [6.07, 6.45) is 8.21. The average Bonchev–Trinajstić information content (AvgIpc) is 3.08. The molecule has 0 saturated heterocycles. The van der Waals surface area contributed by atoms with Crippen molar-refractivity contribution in [2.24, 2.45) is 15.7 Å². The molecule has 0 radical (unpaired) electrons. The maximum Gasteiger partial charge on any atom is 0.158 e. The third-order valence-electron chi connectivity index (χ3n) is 7.44. The summed E-state index contributed by atoms with van der Waals surface area (Å²) in [6.45, 7) is 6.28. The zero-order valence-corrected chi connectivity index (χ0v) is 24.8. The van der Waals surface area contributed by atoms with Gasteiger partial charge in [-0.25, -0.2) is 4.99 Å². The molecule has 44 heavy (non-hydrogen) atoms. The molecule has 2 N–H and O–H groups in total. The van der Waals surface area contributed by atoms with E-state index in [0.717, 1.165) is 56.1 Å². The Bertz CT molecular complexity index is 1940. The number of nitrogens with two attached hydrogens (primary N) is 1. The highest BCUT2D eigenvalue weighted by molar-refractivity contribution is 6.19. The van der Waals surface area contributed by atoms with Gasteiger partial charge in [-0.15, -0.1) is 0 Å². The van der Waals surface area contributed by atoms with E-state index in [4.69, 9.17) is 15.7 Å². The Morgan fingerprint density at radius 2 is 1.48 bits per heavy atom. The van der Waals surface area contributed by atoms with Crippen molar-refractivity contribution in [1.29, 1.82) is 5.26 Å². The molecule has 0 spiro atoms. The highest BCUT2D eigenvalue weighted by Crippen LogP contribution is 2.34.